The minimum absolute atomic E-state index is 0.0567. The number of halogens is 1. The Morgan fingerprint density at radius 3 is 2.45 bits per heavy atom. The molecule has 1 aromatic heterocycles. The molecular weight excluding hydrogens is 399 g/mol. The van der Waals surface area contributed by atoms with Crippen LogP contribution in [0.1, 0.15) is 16.7 Å². The summed E-state index contributed by atoms with van der Waals surface area (Å²) >= 11 is 0. The van der Waals surface area contributed by atoms with Crippen molar-refractivity contribution in [2.24, 2.45) is 0 Å². The maximum absolute atomic E-state index is 13.1. The lowest BCUT2D eigenvalue weighted by Gasteiger charge is -2.36. The van der Waals surface area contributed by atoms with Gasteiger partial charge in [0.25, 0.3) is 5.91 Å². The monoisotopic (exact) mass is 424 g/mol. The van der Waals surface area contributed by atoms with E-state index in [1.165, 1.54) is 12.1 Å². The Kier molecular flexibility index (Phi) is 5.93. The van der Waals surface area contributed by atoms with Crippen molar-refractivity contribution in [3.63, 3.8) is 0 Å². The second-order valence-corrected chi connectivity index (χ2v) is 7.83. The van der Waals surface area contributed by atoms with Gasteiger partial charge in [-0.15, -0.1) is 0 Å². The van der Waals surface area contributed by atoms with E-state index in [9.17, 15) is 14.0 Å². The molecule has 6 nitrogen and oxygen atoms in total. The van der Waals surface area contributed by atoms with Gasteiger partial charge in [0.2, 0.25) is 0 Å². The first-order valence-corrected chi connectivity index (χ1v) is 10.3. The average molecular weight is 424 g/mol. The second-order valence-electron chi connectivity index (χ2n) is 7.83. The predicted octanol–water partition coefficient (Wildman–Crippen LogP) is 3.62. The number of ether oxygens (including phenoxy) is 1. The molecule has 0 N–H and O–H groups in total. The number of furan rings is 1. The molecule has 31 heavy (non-hydrogen) atoms. The molecule has 0 spiro atoms. The van der Waals surface area contributed by atoms with Crippen molar-refractivity contribution in [3.05, 3.63) is 65.2 Å². The molecule has 1 fully saturated rings. The maximum Gasteiger partial charge on any atom is 0.310 e. The zero-order valence-corrected chi connectivity index (χ0v) is 17.7. The largest absolute Gasteiger partial charge is 0.464 e. The third-order valence-electron chi connectivity index (χ3n) is 5.86. The summed E-state index contributed by atoms with van der Waals surface area (Å²) in [6.07, 6.45) is 1.63. The molecule has 0 radical (unpaired) electrons. The summed E-state index contributed by atoms with van der Waals surface area (Å²) in [5.74, 6) is -0.942. The summed E-state index contributed by atoms with van der Waals surface area (Å²) in [5, 5.41) is 0.892. The SMILES string of the molecule is Cc1ccc2c(CC(=O)OCC(=O)N3CCN(c4ccc(F)cc4)CC3)coc2c1C. The van der Waals surface area contributed by atoms with E-state index in [1.54, 1.807) is 23.3 Å². The molecule has 2 heterocycles. The Morgan fingerprint density at radius 2 is 1.74 bits per heavy atom. The molecular formula is C24H25FN2O4. The average Bonchev–Trinajstić information content (AvgIpc) is 3.18. The number of benzene rings is 2. The Hall–Kier alpha value is -3.35. The number of amides is 1. The molecule has 0 saturated carbocycles. The smallest absolute Gasteiger partial charge is 0.310 e. The standard InChI is InChI=1S/C24H25FN2O4/c1-16-3-8-21-18(14-31-24(21)17(16)2)13-23(29)30-15-22(28)27-11-9-26(10-12-27)20-6-4-19(25)5-7-20/h3-8,14H,9-13,15H2,1-2H3. The van der Waals surface area contributed by atoms with Crippen molar-refractivity contribution in [1.29, 1.82) is 0 Å². The number of esters is 1. The Morgan fingerprint density at radius 1 is 1.03 bits per heavy atom. The number of nitrogens with zero attached hydrogens (tertiary/aromatic N) is 2. The van der Waals surface area contributed by atoms with E-state index in [0.717, 1.165) is 33.3 Å². The molecule has 162 valence electrons. The van der Waals surface area contributed by atoms with Gasteiger partial charge in [-0.25, -0.2) is 4.39 Å². The number of fused-ring (bicyclic) bond motifs is 1. The van der Waals surface area contributed by atoms with Crippen molar-refractivity contribution in [3.8, 4) is 0 Å². The first kappa shape index (κ1) is 20.9. The molecule has 3 aromatic rings. The van der Waals surface area contributed by atoms with Gasteiger partial charge in [0.15, 0.2) is 6.61 Å². The Labute approximate surface area is 180 Å². The van der Waals surface area contributed by atoms with Crippen LogP contribution in [0, 0.1) is 19.7 Å². The predicted molar refractivity (Wildman–Crippen MR) is 116 cm³/mol. The number of anilines is 1. The van der Waals surface area contributed by atoms with E-state index in [-0.39, 0.29) is 24.8 Å². The fraction of sp³-hybridized carbons (Fsp3) is 0.333. The maximum atomic E-state index is 13.1. The summed E-state index contributed by atoms with van der Waals surface area (Å²) in [5.41, 5.74) is 4.63. The number of rotatable bonds is 5. The van der Waals surface area contributed by atoms with Crippen LogP contribution in [0.2, 0.25) is 0 Å². The van der Waals surface area contributed by atoms with Crippen LogP contribution < -0.4 is 4.90 Å². The number of piperazine rings is 1. The summed E-state index contributed by atoms with van der Waals surface area (Å²) in [6, 6.07) is 10.3. The Balaban J connectivity index is 1.27. The topological polar surface area (TPSA) is 63.0 Å². The van der Waals surface area contributed by atoms with E-state index in [1.807, 2.05) is 26.0 Å². The lowest BCUT2D eigenvalue weighted by Crippen LogP contribution is -2.50. The highest BCUT2D eigenvalue weighted by Gasteiger charge is 2.22. The van der Waals surface area contributed by atoms with Gasteiger partial charge in [0.05, 0.1) is 12.7 Å². The summed E-state index contributed by atoms with van der Waals surface area (Å²) in [6.45, 7) is 6.06. The fourth-order valence-corrected chi connectivity index (χ4v) is 3.83. The molecule has 0 aliphatic carbocycles. The number of carbonyl (C=O) groups excluding carboxylic acids is 2. The van der Waals surface area contributed by atoms with Crippen LogP contribution in [0.3, 0.4) is 0 Å². The first-order valence-electron chi connectivity index (χ1n) is 10.3. The van der Waals surface area contributed by atoms with E-state index < -0.39 is 5.97 Å². The normalized spacial score (nSPS) is 14.2. The highest BCUT2D eigenvalue weighted by Crippen LogP contribution is 2.27. The molecule has 1 saturated heterocycles. The zero-order chi connectivity index (χ0) is 22.0. The lowest BCUT2D eigenvalue weighted by molar-refractivity contribution is -0.151. The van der Waals surface area contributed by atoms with Gasteiger partial charge < -0.3 is 19.0 Å². The van der Waals surface area contributed by atoms with Crippen LogP contribution in [0.25, 0.3) is 11.0 Å². The molecule has 0 atom stereocenters. The zero-order valence-electron chi connectivity index (χ0n) is 17.7. The number of aryl methyl sites for hydroxylation is 2. The molecule has 1 aliphatic heterocycles. The minimum Gasteiger partial charge on any atom is -0.464 e. The van der Waals surface area contributed by atoms with Gasteiger partial charge in [-0.05, 0) is 49.2 Å². The summed E-state index contributed by atoms with van der Waals surface area (Å²) in [4.78, 5) is 28.5. The quantitative estimate of drug-likeness (QED) is 0.586. The van der Waals surface area contributed by atoms with E-state index in [0.29, 0.717) is 26.2 Å². The lowest BCUT2D eigenvalue weighted by atomic mass is 10.0. The number of carbonyl (C=O) groups is 2. The number of hydrogen-bond donors (Lipinski definition) is 0. The summed E-state index contributed by atoms with van der Waals surface area (Å²) in [7, 11) is 0. The summed E-state index contributed by atoms with van der Waals surface area (Å²) < 4.78 is 23.9. The van der Waals surface area contributed by atoms with Gasteiger partial charge in [-0.3, -0.25) is 9.59 Å². The third kappa shape index (κ3) is 4.55. The van der Waals surface area contributed by atoms with Crippen LogP contribution >= 0.6 is 0 Å². The fourth-order valence-electron chi connectivity index (χ4n) is 3.83. The third-order valence-corrected chi connectivity index (χ3v) is 5.86. The molecule has 0 bridgehead atoms. The van der Waals surface area contributed by atoms with Crippen molar-refractivity contribution in [2.45, 2.75) is 20.3 Å². The van der Waals surface area contributed by atoms with Crippen molar-refractivity contribution < 1.29 is 23.1 Å². The van der Waals surface area contributed by atoms with Crippen LogP contribution in [0.5, 0.6) is 0 Å². The number of hydrogen-bond acceptors (Lipinski definition) is 5. The van der Waals surface area contributed by atoms with Gasteiger partial charge in [-0.1, -0.05) is 12.1 Å². The van der Waals surface area contributed by atoms with Crippen LogP contribution in [0.4, 0.5) is 10.1 Å². The van der Waals surface area contributed by atoms with Crippen LogP contribution in [-0.2, 0) is 20.7 Å². The highest BCUT2D eigenvalue weighted by molar-refractivity contribution is 5.89. The Bertz CT molecular complexity index is 1100. The molecule has 1 amide bonds. The van der Waals surface area contributed by atoms with E-state index in [2.05, 4.69) is 4.90 Å². The van der Waals surface area contributed by atoms with Crippen molar-refractivity contribution >= 4 is 28.5 Å². The highest BCUT2D eigenvalue weighted by atomic mass is 19.1. The molecule has 4 rings (SSSR count). The molecule has 1 aliphatic rings. The second kappa shape index (κ2) is 8.79. The van der Waals surface area contributed by atoms with Crippen molar-refractivity contribution in [2.75, 3.05) is 37.7 Å². The first-order chi connectivity index (χ1) is 14.9. The van der Waals surface area contributed by atoms with Gasteiger partial charge in [-0.2, -0.15) is 0 Å². The minimum atomic E-state index is -0.459. The van der Waals surface area contributed by atoms with Crippen LogP contribution in [0.15, 0.2) is 47.1 Å². The van der Waals surface area contributed by atoms with E-state index >= 15 is 0 Å². The van der Waals surface area contributed by atoms with E-state index in [4.69, 9.17) is 9.15 Å². The molecule has 2 aromatic carbocycles. The van der Waals surface area contributed by atoms with Gasteiger partial charge in [0.1, 0.15) is 11.4 Å². The molecule has 7 heteroatoms. The molecule has 0 unspecified atom stereocenters. The van der Waals surface area contributed by atoms with Gasteiger partial charge in [0, 0.05) is 42.8 Å². The van der Waals surface area contributed by atoms with Crippen LogP contribution in [-0.4, -0.2) is 49.6 Å². The van der Waals surface area contributed by atoms with Gasteiger partial charge >= 0.3 is 5.97 Å². The van der Waals surface area contributed by atoms with Crippen molar-refractivity contribution in [1.82, 2.24) is 4.90 Å².